The third-order valence-corrected chi connectivity index (χ3v) is 2.40. The molecule has 0 heterocycles. The zero-order chi connectivity index (χ0) is 10.7. The minimum absolute atomic E-state index is 0.293. The molecule has 0 aliphatic heterocycles. The fraction of sp³-hybridized carbons (Fsp3) is 0.0769. The highest BCUT2D eigenvalue weighted by Crippen LogP contribution is 2.20. The molecule has 0 atom stereocenters. The van der Waals surface area contributed by atoms with Crippen LogP contribution in [-0.4, -0.2) is 10.4 Å². The molecule has 0 saturated heterocycles. The molecule has 1 nitrogen and oxygen atoms in total. The average Bonchev–Trinajstić information content (AvgIpc) is 2.26. The molecule has 0 aliphatic rings. The molecule has 2 aromatic carbocycles. The molecule has 0 aliphatic carbocycles. The molecule has 0 unspecified atom stereocenters. The van der Waals surface area contributed by atoms with Crippen molar-refractivity contribution in [2.24, 2.45) is 0 Å². The van der Waals surface area contributed by atoms with Gasteiger partial charge in [-0.15, -0.1) is 0 Å². The molecule has 0 bridgehead atoms. The first-order chi connectivity index (χ1) is 7.29. The summed E-state index contributed by atoms with van der Waals surface area (Å²) in [5.74, 6) is 6.29. The van der Waals surface area contributed by atoms with Gasteiger partial charge in [0.2, 0.25) is 0 Å². The number of hydrogen-bond acceptors (Lipinski definition) is 1. The summed E-state index contributed by atoms with van der Waals surface area (Å²) in [6.07, 6.45) is 0. The number of fused-ring (bicyclic) bond motifs is 1. The minimum Gasteiger partial charge on any atom is -0.508 e. The summed E-state index contributed by atoms with van der Waals surface area (Å²) in [5, 5.41) is 12.1. The Bertz CT molecular complexity index is 549. The van der Waals surface area contributed by atoms with Crippen molar-refractivity contribution < 1.29 is 5.11 Å². The van der Waals surface area contributed by atoms with Gasteiger partial charge in [0.1, 0.15) is 5.75 Å². The molecule has 2 rings (SSSR count). The normalized spacial score (nSPS) is 9.67. The SMILES string of the molecule is Oc1ccc2cc(C#CCBr)ccc2c1. The maximum atomic E-state index is 9.31. The van der Waals surface area contributed by atoms with E-state index in [0.29, 0.717) is 11.1 Å². The third kappa shape index (κ3) is 2.31. The van der Waals surface area contributed by atoms with Crippen LogP contribution in [0.5, 0.6) is 5.75 Å². The largest absolute Gasteiger partial charge is 0.508 e. The van der Waals surface area contributed by atoms with Gasteiger partial charge in [0.15, 0.2) is 0 Å². The number of alkyl halides is 1. The third-order valence-electron chi connectivity index (χ3n) is 2.12. The standard InChI is InChI=1S/C13H9BrO/c14-7-1-2-10-3-4-12-9-13(15)6-5-11(12)8-10/h3-6,8-9,15H,7H2. The van der Waals surface area contributed by atoms with E-state index < -0.39 is 0 Å². The van der Waals surface area contributed by atoms with E-state index in [1.54, 1.807) is 12.1 Å². The second kappa shape index (κ2) is 4.37. The Morgan fingerprint density at radius 2 is 1.80 bits per heavy atom. The van der Waals surface area contributed by atoms with E-state index in [1.807, 2.05) is 24.3 Å². The number of aromatic hydroxyl groups is 1. The van der Waals surface area contributed by atoms with Crippen LogP contribution in [0.4, 0.5) is 0 Å². The van der Waals surface area contributed by atoms with Gasteiger partial charge >= 0.3 is 0 Å². The number of hydrogen-bond donors (Lipinski definition) is 1. The van der Waals surface area contributed by atoms with Crippen molar-refractivity contribution in [3.8, 4) is 17.6 Å². The smallest absolute Gasteiger partial charge is 0.116 e. The van der Waals surface area contributed by atoms with E-state index in [1.165, 1.54) is 0 Å². The molecule has 0 aromatic heterocycles. The maximum absolute atomic E-state index is 9.31. The molecule has 0 radical (unpaired) electrons. The molecular formula is C13H9BrO. The van der Waals surface area contributed by atoms with Crippen LogP contribution in [0.25, 0.3) is 10.8 Å². The van der Waals surface area contributed by atoms with E-state index in [9.17, 15) is 5.11 Å². The summed E-state index contributed by atoms with van der Waals surface area (Å²) in [4.78, 5) is 0. The number of rotatable bonds is 0. The Hall–Kier alpha value is -1.46. The molecule has 1 N–H and O–H groups in total. The predicted octanol–water partition coefficient (Wildman–Crippen LogP) is 3.29. The fourth-order valence-electron chi connectivity index (χ4n) is 1.45. The van der Waals surface area contributed by atoms with Crippen LogP contribution in [0.1, 0.15) is 5.56 Å². The molecule has 0 spiro atoms. The highest BCUT2D eigenvalue weighted by Gasteiger charge is 1.95. The van der Waals surface area contributed by atoms with Crippen molar-refractivity contribution in [3.05, 3.63) is 42.0 Å². The zero-order valence-corrected chi connectivity index (χ0v) is 9.58. The topological polar surface area (TPSA) is 20.2 Å². The van der Waals surface area contributed by atoms with Gasteiger partial charge in [0, 0.05) is 5.56 Å². The van der Waals surface area contributed by atoms with Gasteiger partial charge in [0.05, 0.1) is 5.33 Å². The van der Waals surface area contributed by atoms with Crippen LogP contribution in [0, 0.1) is 11.8 Å². The van der Waals surface area contributed by atoms with Crippen molar-refractivity contribution in [3.63, 3.8) is 0 Å². The highest BCUT2D eigenvalue weighted by molar-refractivity contribution is 9.09. The number of halogens is 1. The van der Waals surface area contributed by atoms with Gasteiger partial charge in [-0.05, 0) is 35.0 Å². The maximum Gasteiger partial charge on any atom is 0.116 e. The molecular weight excluding hydrogens is 252 g/mol. The van der Waals surface area contributed by atoms with Gasteiger partial charge in [-0.3, -0.25) is 0 Å². The van der Waals surface area contributed by atoms with Crippen molar-refractivity contribution in [1.29, 1.82) is 0 Å². The van der Waals surface area contributed by atoms with Gasteiger partial charge < -0.3 is 5.11 Å². The Morgan fingerprint density at radius 3 is 2.60 bits per heavy atom. The van der Waals surface area contributed by atoms with E-state index in [2.05, 4.69) is 27.8 Å². The van der Waals surface area contributed by atoms with Crippen molar-refractivity contribution >= 4 is 26.7 Å². The highest BCUT2D eigenvalue weighted by atomic mass is 79.9. The summed E-state index contributed by atoms with van der Waals surface area (Å²) < 4.78 is 0. The van der Waals surface area contributed by atoms with E-state index in [0.717, 1.165) is 16.3 Å². The van der Waals surface area contributed by atoms with Crippen LogP contribution in [0.3, 0.4) is 0 Å². The lowest BCUT2D eigenvalue weighted by atomic mass is 10.1. The lowest BCUT2D eigenvalue weighted by molar-refractivity contribution is 0.476. The Labute approximate surface area is 96.9 Å². The van der Waals surface area contributed by atoms with Crippen LogP contribution in [-0.2, 0) is 0 Å². The fourth-order valence-corrected chi connectivity index (χ4v) is 1.59. The number of benzene rings is 2. The summed E-state index contributed by atoms with van der Waals surface area (Å²) in [5.41, 5.74) is 0.993. The summed E-state index contributed by atoms with van der Waals surface area (Å²) in [6, 6.07) is 11.3. The average molecular weight is 261 g/mol. The van der Waals surface area contributed by atoms with E-state index in [4.69, 9.17) is 0 Å². The van der Waals surface area contributed by atoms with Crippen LogP contribution in [0.2, 0.25) is 0 Å². The lowest BCUT2D eigenvalue weighted by Gasteiger charge is -1.99. The summed E-state index contributed by atoms with van der Waals surface area (Å²) in [7, 11) is 0. The van der Waals surface area contributed by atoms with Crippen LogP contribution in [0.15, 0.2) is 36.4 Å². The van der Waals surface area contributed by atoms with Crippen molar-refractivity contribution in [2.75, 3.05) is 5.33 Å². The number of phenols is 1. The zero-order valence-electron chi connectivity index (χ0n) is 8.00. The van der Waals surface area contributed by atoms with E-state index in [-0.39, 0.29) is 0 Å². The second-order valence-electron chi connectivity index (χ2n) is 3.18. The Kier molecular flexibility index (Phi) is 2.94. The first-order valence-corrected chi connectivity index (χ1v) is 5.69. The molecule has 2 aromatic rings. The Morgan fingerprint density at radius 1 is 1.07 bits per heavy atom. The summed E-state index contributed by atoms with van der Waals surface area (Å²) >= 11 is 3.26. The van der Waals surface area contributed by atoms with Crippen molar-refractivity contribution in [2.45, 2.75) is 0 Å². The first kappa shape index (κ1) is 10.1. The van der Waals surface area contributed by atoms with Gasteiger partial charge in [-0.1, -0.05) is 39.9 Å². The van der Waals surface area contributed by atoms with Gasteiger partial charge in [-0.25, -0.2) is 0 Å². The Balaban J connectivity index is 2.52. The van der Waals surface area contributed by atoms with Crippen molar-refractivity contribution in [1.82, 2.24) is 0 Å². The van der Waals surface area contributed by atoms with E-state index >= 15 is 0 Å². The monoisotopic (exact) mass is 260 g/mol. The van der Waals surface area contributed by atoms with Crippen LogP contribution < -0.4 is 0 Å². The second-order valence-corrected chi connectivity index (χ2v) is 3.74. The minimum atomic E-state index is 0.293. The lowest BCUT2D eigenvalue weighted by Crippen LogP contribution is -1.77. The first-order valence-electron chi connectivity index (χ1n) is 4.57. The van der Waals surface area contributed by atoms with Gasteiger partial charge in [0.25, 0.3) is 0 Å². The molecule has 0 saturated carbocycles. The molecule has 15 heavy (non-hydrogen) atoms. The molecule has 2 heteroatoms. The summed E-state index contributed by atoms with van der Waals surface area (Å²) in [6.45, 7) is 0. The molecule has 0 amide bonds. The van der Waals surface area contributed by atoms with Crippen LogP contribution >= 0.6 is 15.9 Å². The number of phenolic OH excluding ortho intramolecular Hbond substituents is 1. The quantitative estimate of drug-likeness (QED) is 0.570. The molecule has 74 valence electrons. The predicted molar refractivity (Wildman–Crippen MR) is 66.3 cm³/mol. The van der Waals surface area contributed by atoms with Gasteiger partial charge in [-0.2, -0.15) is 0 Å². The molecule has 0 fully saturated rings.